The zero-order chi connectivity index (χ0) is 31.5. The molecule has 0 saturated carbocycles. The Morgan fingerprint density at radius 3 is 2.42 bits per heavy atom. The Balaban J connectivity index is 1.56. The molecular formula is C26H18Cl3F3N6O4S. The second-order valence-electron chi connectivity index (χ2n) is 8.75. The van der Waals surface area contributed by atoms with Crippen LogP contribution in [0.5, 0.6) is 0 Å². The van der Waals surface area contributed by atoms with Crippen molar-refractivity contribution in [3.05, 3.63) is 102 Å². The van der Waals surface area contributed by atoms with Crippen LogP contribution in [-0.2, 0) is 17.5 Å². The number of thioether (sulfide) groups is 1. The van der Waals surface area contributed by atoms with Crippen molar-refractivity contribution in [1.82, 2.24) is 20.1 Å². The number of hydrogen-bond acceptors (Lipinski definition) is 7. The minimum absolute atomic E-state index is 0.0812. The number of alkyl halides is 3. The van der Waals surface area contributed by atoms with E-state index in [9.17, 15) is 32.9 Å². The molecule has 0 spiro atoms. The van der Waals surface area contributed by atoms with Crippen LogP contribution in [0.25, 0.3) is 5.69 Å². The maximum absolute atomic E-state index is 13.1. The molecule has 17 heteroatoms. The highest BCUT2D eigenvalue weighted by atomic mass is 35.5. The van der Waals surface area contributed by atoms with Gasteiger partial charge in [0.2, 0.25) is 5.91 Å². The van der Waals surface area contributed by atoms with Gasteiger partial charge in [-0.2, -0.15) is 13.2 Å². The van der Waals surface area contributed by atoms with Gasteiger partial charge in [-0.15, -0.1) is 10.2 Å². The summed E-state index contributed by atoms with van der Waals surface area (Å²) in [6.07, 6.45) is -4.63. The van der Waals surface area contributed by atoms with Gasteiger partial charge in [0, 0.05) is 17.2 Å². The molecule has 0 aliphatic carbocycles. The van der Waals surface area contributed by atoms with E-state index in [1.165, 1.54) is 41.8 Å². The van der Waals surface area contributed by atoms with Gasteiger partial charge < -0.3 is 10.6 Å². The van der Waals surface area contributed by atoms with Crippen LogP contribution in [0.15, 0.2) is 59.8 Å². The second-order valence-corrected chi connectivity index (χ2v) is 10.9. The molecule has 224 valence electrons. The predicted octanol–water partition coefficient (Wildman–Crippen LogP) is 7.12. The van der Waals surface area contributed by atoms with Crippen molar-refractivity contribution in [3.63, 3.8) is 0 Å². The SMILES string of the molecule is Cc1c(C(=O)NCc2nnc(SCC(=O)Nc3cc(C(F)(F)F)ccc3Cl)n2-c2ccc(Cl)c(Cl)c2)cccc1[N+](=O)[O-]. The van der Waals surface area contributed by atoms with Crippen molar-refractivity contribution in [1.29, 1.82) is 0 Å². The molecular weight excluding hydrogens is 656 g/mol. The third kappa shape index (κ3) is 7.57. The van der Waals surface area contributed by atoms with Gasteiger partial charge in [-0.3, -0.25) is 24.3 Å². The highest BCUT2D eigenvalue weighted by molar-refractivity contribution is 7.99. The van der Waals surface area contributed by atoms with Gasteiger partial charge >= 0.3 is 6.18 Å². The van der Waals surface area contributed by atoms with Gasteiger partial charge in [0.15, 0.2) is 11.0 Å². The van der Waals surface area contributed by atoms with E-state index in [0.717, 1.165) is 30.0 Å². The number of hydrogen-bond donors (Lipinski definition) is 2. The average molecular weight is 674 g/mol. The number of amides is 2. The van der Waals surface area contributed by atoms with E-state index < -0.39 is 28.5 Å². The highest BCUT2D eigenvalue weighted by Crippen LogP contribution is 2.34. The first-order valence-electron chi connectivity index (χ1n) is 12.0. The number of nitrogens with zero attached hydrogens (tertiary/aromatic N) is 4. The molecule has 0 saturated heterocycles. The van der Waals surface area contributed by atoms with Crippen molar-refractivity contribution in [2.24, 2.45) is 0 Å². The van der Waals surface area contributed by atoms with Gasteiger partial charge in [0.05, 0.1) is 49.2 Å². The number of rotatable bonds is 9. The van der Waals surface area contributed by atoms with Gasteiger partial charge in [0.1, 0.15) is 0 Å². The first kappa shape index (κ1) is 32.1. The van der Waals surface area contributed by atoms with Gasteiger partial charge in [-0.1, -0.05) is 52.6 Å². The van der Waals surface area contributed by atoms with Crippen molar-refractivity contribution < 1.29 is 27.7 Å². The maximum atomic E-state index is 13.1. The van der Waals surface area contributed by atoms with Crippen LogP contribution in [0, 0.1) is 17.0 Å². The largest absolute Gasteiger partial charge is 0.416 e. The number of carbonyl (C=O) groups is 2. The molecule has 1 heterocycles. The van der Waals surface area contributed by atoms with Crippen LogP contribution in [0.2, 0.25) is 15.1 Å². The molecule has 0 unspecified atom stereocenters. The number of benzene rings is 3. The highest BCUT2D eigenvalue weighted by Gasteiger charge is 2.31. The smallest absolute Gasteiger partial charge is 0.345 e. The molecule has 0 aliphatic heterocycles. The Kier molecular flexibility index (Phi) is 9.85. The quantitative estimate of drug-likeness (QED) is 0.110. The van der Waals surface area contributed by atoms with Crippen molar-refractivity contribution >= 4 is 69.8 Å². The van der Waals surface area contributed by atoms with Crippen LogP contribution < -0.4 is 10.6 Å². The Morgan fingerprint density at radius 1 is 1.02 bits per heavy atom. The average Bonchev–Trinajstić information content (AvgIpc) is 3.35. The molecule has 43 heavy (non-hydrogen) atoms. The molecule has 1 aromatic heterocycles. The van der Waals surface area contributed by atoms with Gasteiger partial charge in [0.25, 0.3) is 11.6 Å². The second kappa shape index (κ2) is 13.2. The fourth-order valence-electron chi connectivity index (χ4n) is 3.83. The zero-order valence-electron chi connectivity index (χ0n) is 21.7. The number of halogens is 6. The first-order chi connectivity index (χ1) is 20.3. The third-order valence-corrected chi connectivity index (χ3v) is 7.91. The summed E-state index contributed by atoms with van der Waals surface area (Å²) in [7, 11) is 0. The minimum atomic E-state index is -4.63. The molecule has 0 atom stereocenters. The van der Waals surface area contributed by atoms with Crippen LogP contribution in [0.4, 0.5) is 24.5 Å². The van der Waals surface area contributed by atoms with Crippen molar-refractivity contribution in [2.45, 2.75) is 24.8 Å². The fourth-order valence-corrected chi connectivity index (χ4v) is 5.06. The summed E-state index contributed by atoms with van der Waals surface area (Å²) in [6.45, 7) is 1.28. The van der Waals surface area contributed by atoms with E-state index in [1.807, 2.05) is 0 Å². The van der Waals surface area contributed by atoms with Crippen LogP contribution in [0.3, 0.4) is 0 Å². The molecule has 4 aromatic rings. The Hall–Kier alpha value is -3.85. The van der Waals surface area contributed by atoms with Crippen molar-refractivity contribution in [3.8, 4) is 5.69 Å². The predicted molar refractivity (Wildman–Crippen MR) is 156 cm³/mol. The normalized spacial score (nSPS) is 11.3. The molecule has 3 aromatic carbocycles. The summed E-state index contributed by atoms with van der Waals surface area (Å²) in [5.41, 5.74) is -0.707. The van der Waals surface area contributed by atoms with Crippen LogP contribution in [0.1, 0.15) is 27.3 Å². The Bertz CT molecular complexity index is 1730. The van der Waals surface area contributed by atoms with Crippen LogP contribution >= 0.6 is 46.6 Å². The molecule has 0 bridgehead atoms. The van der Waals surface area contributed by atoms with E-state index >= 15 is 0 Å². The lowest BCUT2D eigenvalue weighted by molar-refractivity contribution is -0.385. The zero-order valence-corrected chi connectivity index (χ0v) is 24.8. The summed E-state index contributed by atoms with van der Waals surface area (Å²) < 4.78 is 40.8. The number of anilines is 1. The Morgan fingerprint density at radius 2 is 1.74 bits per heavy atom. The van der Waals surface area contributed by atoms with Crippen molar-refractivity contribution in [2.75, 3.05) is 11.1 Å². The molecule has 2 amide bonds. The van der Waals surface area contributed by atoms with E-state index in [1.54, 1.807) is 6.07 Å². The summed E-state index contributed by atoms with van der Waals surface area (Å²) in [5, 5.41) is 25.0. The number of aromatic nitrogens is 3. The van der Waals surface area contributed by atoms with E-state index in [4.69, 9.17) is 34.8 Å². The van der Waals surface area contributed by atoms with Crippen LogP contribution in [-0.4, -0.2) is 37.3 Å². The maximum Gasteiger partial charge on any atom is 0.416 e. The summed E-state index contributed by atoms with van der Waals surface area (Å²) in [4.78, 5) is 36.2. The molecule has 4 rings (SSSR count). The molecule has 0 aliphatic rings. The number of carbonyl (C=O) groups excluding carboxylic acids is 2. The van der Waals surface area contributed by atoms with Gasteiger partial charge in [-0.25, -0.2) is 0 Å². The summed E-state index contributed by atoms with van der Waals surface area (Å²) in [6, 6.07) is 11.3. The summed E-state index contributed by atoms with van der Waals surface area (Å²) in [5.74, 6) is -1.37. The first-order valence-corrected chi connectivity index (χ1v) is 14.1. The number of nitro groups is 1. The lowest BCUT2D eigenvalue weighted by atomic mass is 10.1. The standard InChI is InChI=1S/C26H18Cl3F3N6O4S/c1-13-16(3-2-4-21(13)38(41)42)24(40)33-11-22-35-36-25(37(22)15-6-8-17(27)19(29)10-15)43-12-23(39)34-20-9-14(26(30,31)32)5-7-18(20)28/h2-10H,11-12H2,1H3,(H,33,40)(H,34,39). The lowest BCUT2D eigenvalue weighted by Crippen LogP contribution is -2.25. The molecule has 2 N–H and O–H groups in total. The monoisotopic (exact) mass is 672 g/mol. The lowest BCUT2D eigenvalue weighted by Gasteiger charge is -2.13. The third-order valence-electron chi connectivity index (χ3n) is 5.92. The minimum Gasteiger partial charge on any atom is -0.345 e. The number of nitrogens with one attached hydrogen (secondary N) is 2. The Labute approximate surface area is 260 Å². The topological polar surface area (TPSA) is 132 Å². The molecule has 0 radical (unpaired) electrons. The molecule has 0 fully saturated rings. The molecule has 10 nitrogen and oxygen atoms in total. The van der Waals surface area contributed by atoms with E-state index in [-0.39, 0.29) is 60.8 Å². The van der Waals surface area contributed by atoms with E-state index in [2.05, 4.69) is 20.8 Å². The summed E-state index contributed by atoms with van der Waals surface area (Å²) >= 11 is 19.1. The van der Waals surface area contributed by atoms with E-state index in [0.29, 0.717) is 5.69 Å². The number of nitro benzene ring substituents is 1. The van der Waals surface area contributed by atoms with Gasteiger partial charge in [-0.05, 0) is 49.4 Å². The fraction of sp³-hybridized carbons (Fsp3) is 0.154.